The fourth-order valence-corrected chi connectivity index (χ4v) is 12.8. The summed E-state index contributed by atoms with van der Waals surface area (Å²) in [6.07, 6.45) is 0. The minimum absolute atomic E-state index is 0.267. The standard InChI is InChI=1S/C72H52F2N4/c1-43(2)45-21-29-51(30-22-45)75(53-33-25-49(73)26-34-53)55-37-39-63-61(41-55)57-17-11-19-59-67-66(48-15-9-6-10-16-48)72-68(65(47-13-7-5-8-14-47)71(67)77(63)69(57)59)60-20-12-18-58-62-42-56(38-40-64(62)78(72)70(58)60)76(54-35-27-50(74)28-36-54)52-31-23-46(24-32-52)44(3)4/h5-44H,1-4H3. The molecule has 0 aliphatic heterocycles. The molecule has 0 spiro atoms. The molecule has 0 saturated heterocycles. The predicted molar refractivity (Wildman–Crippen MR) is 324 cm³/mol. The van der Waals surface area contributed by atoms with Gasteiger partial charge in [0.1, 0.15) is 11.6 Å². The van der Waals surface area contributed by atoms with Crippen molar-refractivity contribution in [2.24, 2.45) is 0 Å². The first-order valence-corrected chi connectivity index (χ1v) is 27.0. The van der Waals surface area contributed by atoms with E-state index in [1.54, 1.807) is 24.3 Å². The van der Waals surface area contributed by atoms with Crippen LogP contribution < -0.4 is 9.80 Å². The average Bonchev–Trinajstić information content (AvgIpc) is 4.12. The molecule has 0 N–H and O–H groups in total. The Labute approximate surface area is 450 Å². The van der Waals surface area contributed by atoms with Crippen LogP contribution >= 0.6 is 0 Å². The molecule has 0 radical (unpaired) electrons. The van der Waals surface area contributed by atoms with Crippen molar-refractivity contribution in [3.63, 3.8) is 0 Å². The van der Waals surface area contributed by atoms with Crippen molar-refractivity contribution >= 4 is 110 Å². The van der Waals surface area contributed by atoms with Gasteiger partial charge >= 0.3 is 0 Å². The molecular weight excluding hydrogens is 959 g/mol. The second-order valence-electron chi connectivity index (χ2n) is 21.5. The maximum atomic E-state index is 14.6. The van der Waals surface area contributed by atoms with Crippen molar-refractivity contribution < 1.29 is 8.78 Å². The molecule has 15 aromatic rings. The second-order valence-corrected chi connectivity index (χ2v) is 21.5. The number of hydrogen-bond donors (Lipinski definition) is 0. The Balaban J connectivity index is 1.04. The van der Waals surface area contributed by atoms with Crippen molar-refractivity contribution in [2.45, 2.75) is 39.5 Å². The number of halogens is 2. The van der Waals surface area contributed by atoms with Gasteiger partial charge in [0.25, 0.3) is 0 Å². The highest BCUT2D eigenvalue weighted by atomic mass is 19.1. The van der Waals surface area contributed by atoms with Crippen LogP contribution in [0.3, 0.4) is 0 Å². The fourth-order valence-electron chi connectivity index (χ4n) is 12.8. The summed E-state index contributed by atoms with van der Waals surface area (Å²) in [7, 11) is 0. The number of para-hydroxylation sites is 2. The van der Waals surface area contributed by atoms with Crippen LogP contribution in [-0.4, -0.2) is 8.80 Å². The Morgan fingerprint density at radius 2 is 0.641 bits per heavy atom. The number of aromatic nitrogens is 2. The second kappa shape index (κ2) is 17.5. The van der Waals surface area contributed by atoms with Crippen LogP contribution in [0.15, 0.2) is 231 Å². The van der Waals surface area contributed by atoms with Gasteiger partial charge in [-0.25, -0.2) is 8.78 Å². The summed E-state index contributed by atoms with van der Waals surface area (Å²) in [6.45, 7) is 8.84. The zero-order valence-corrected chi connectivity index (χ0v) is 43.6. The van der Waals surface area contributed by atoms with Gasteiger partial charge in [-0.15, -0.1) is 0 Å². The SMILES string of the molecule is CC(C)c1ccc(N(c2ccc(F)cc2)c2ccc3c(c2)c2cccc4c5c(-c6ccccc6)c6c(c(-c7ccccc7)c5n3c24)c2cccc3c4cc(N(c5ccc(F)cc5)c5ccc(C(C)C)cc5)ccc4n6c32)cc1. The monoisotopic (exact) mass is 1010 g/mol. The molecule has 4 aromatic heterocycles. The fraction of sp³-hybridized carbons (Fsp3) is 0.0833. The van der Waals surface area contributed by atoms with E-state index in [-0.39, 0.29) is 11.6 Å². The number of hydrogen-bond acceptors (Lipinski definition) is 2. The van der Waals surface area contributed by atoms with Gasteiger partial charge in [0.15, 0.2) is 0 Å². The maximum absolute atomic E-state index is 14.6. The molecule has 0 unspecified atom stereocenters. The predicted octanol–water partition coefficient (Wildman–Crippen LogP) is 20.8. The first kappa shape index (κ1) is 45.8. The van der Waals surface area contributed by atoms with Crippen molar-refractivity contribution in [3.8, 4) is 22.3 Å². The molecule has 78 heavy (non-hydrogen) atoms. The topological polar surface area (TPSA) is 15.3 Å². The molecular formula is C72H52F2N4. The third kappa shape index (κ3) is 6.82. The highest BCUT2D eigenvalue weighted by Gasteiger charge is 2.31. The number of benzene rings is 11. The molecule has 11 aromatic carbocycles. The van der Waals surface area contributed by atoms with Crippen LogP contribution in [0.25, 0.3) is 98.4 Å². The van der Waals surface area contributed by atoms with E-state index in [0.717, 1.165) is 67.1 Å². The molecule has 0 aliphatic rings. The molecule has 0 bridgehead atoms. The van der Waals surface area contributed by atoms with E-state index in [0.29, 0.717) is 11.8 Å². The summed E-state index contributed by atoms with van der Waals surface area (Å²) in [4.78, 5) is 4.47. The number of anilines is 6. The molecule has 0 atom stereocenters. The summed E-state index contributed by atoms with van der Waals surface area (Å²) in [6, 6.07) is 80.3. The van der Waals surface area contributed by atoms with Gasteiger partial charge in [0, 0.05) is 88.3 Å². The van der Waals surface area contributed by atoms with Gasteiger partial charge in [-0.2, -0.15) is 0 Å². The van der Waals surface area contributed by atoms with Gasteiger partial charge in [0.05, 0.1) is 33.1 Å². The zero-order valence-electron chi connectivity index (χ0n) is 43.6. The summed E-state index contributed by atoms with van der Waals surface area (Å²) in [5, 5.41) is 9.39. The molecule has 374 valence electrons. The van der Waals surface area contributed by atoms with Crippen molar-refractivity contribution in [1.29, 1.82) is 0 Å². The Morgan fingerprint density at radius 1 is 0.308 bits per heavy atom. The van der Waals surface area contributed by atoms with E-state index in [1.807, 2.05) is 24.3 Å². The quantitative estimate of drug-likeness (QED) is 0.136. The summed E-state index contributed by atoms with van der Waals surface area (Å²) < 4.78 is 34.2. The molecule has 0 fully saturated rings. The highest BCUT2D eigenvalue weighted by molar-refractivity contribution is 6.38. The summed E-state index contributed by atoms with van der Waals surface area (Å²) in [5.74, 6) is 0.250. The summed E-state index contributed by atoms with van der Waals surface area (Å²) in [5.41, 5.74) is 19.9. The number of nitrogens with zero attached hydrogens (tertiary/aromatic N) is 4. The van der Waals surface area contributed by atoms with Crippen molar-refractivity contribution in [2.75, 3.05) is 9.80 Å². The Hall–Kier alpha value is -9.52. The lowest BCUT2D eigenvalue weighted by atomic mass is 9.89. The third-order valence-corrected chi connectivity index (χ3v) is 16.4. The first-order valence-electron chi connectivity index (χ1n) is 27.0. The minimum Gasteiger partial charge on any atom is -0.310 e. The largest absolute Gasteiger partial charge is 0.310 e. The van der Waals surface area contributed by atoms with Crippen LogP contribution in [0.4, 0.5) is 42.9 Å². The number of rotatable bonds is 10. The van der Waals surface area contributed by atoms with Gasteiger partial charge in [-0.3, -0.25) is 0 Å². The Kier molecular flexibility index (Phi) is 10.3. The third-order valence-electron chi connectivity index (χ3n) is 16.4. The molecule has 6 heteroatoms. The summed E-state index contributed by atoms with van der Waals surface area (Å²) >= 11 is 0. The highest BCUT2D eigenvalue weighted by Crippen LogP contribution is 2.55. The average molecular weight is 1010 g/mol. The van der Waals surface area contributed by atoms with Gasteiger partial charge in [-0.05, 0) is 143 Å². The van der Waals surface area contributed by atoms with Crippen LogP contribution in [0.1, 0.15) is 50.7 Å². The normalized spacial score (nSPS) is 12.2. The lowest BCUT2D eigenvalue weighted by Gasteiger charge is -2.26. The first-order chi connectivity index (χ1) is 38.2. The molecule has 4 nitrogen and oxygen atoms in total. The molecule has 0 amide bonds. The maximum Gasteiger partial charge on any atom is 0.123 e. The minimum atomic E-state index is -0.267. The van der Waals surface area contributed by atoms with Gasteiger partial charge in [-0.1, -0.05) is 149 Å². The van der Waals surface area contributed by atoms with E-state index in [9.17, 15) is 8.78 Å². The van der Waals surface area contributed by atoms with Crippen LogP contribution in [0.5, 0.6) is 0 Å². The van der Waals surface area contributed by atoms with E-state index in [2.05, 4.69) is 228 Å². The lowest BCUT2D eigenvalue weighted by Crippen LogP contribution is -2.10. The van der Waals surface area contributed by atoms with Gasteiger partial charge < -0.3 is 18.6 Å². The smallest absolute Gasteiger partial charge is 0.123 e. The number of fused-ring (bicyclic) bond motifs is 12. The van der Waals surface area contributed by atoms with E-state index >= 15 is 0 Å². The van der Waals surface area contributed by atoms with Crippen LogP contribution in [0.2, 0.25) is 0 Å². The Morgan fingerprint density at radius 3 is 1.00 bits per heavy atom. The molecule has 4 heterocycles. The van der Waals surface area contributed by atoms with E-state index < -0.39 is 0 Å². The van der Waals surface area contributed by atoms with Crippen LogP contribution in [-0.2, 0) is 0 Å². The Bertz CT molecular complexity index is 4460. The molecule has 0 aliphatic carbocycles. The molecule has 15 rings (SSSR count). The van der Waals surface area contributed by atoms with Crippen LogP contribution in [0, 0.1) is 11.6 Å². The lowest BCUT2D eigenvalue weighted by molar-refractivity contribution is 0.627. The van der Waals surface area contributed by atoms with E-state index in [1.165, 1.54) is 76.6 Å². The van der Waals surface area contributed by atoms with Crippen molar-refractivity contribution in [3.05, 3.63) is 253 Å². The van der Waals surface area contributed by atoms with E-state index in [4.69, 9.17) is 0 Å². The zero-order chi connectivity index (χ0) is 52.5. The van der Waals surface area contributed by atoms with Crippen molar-refractivity contribution in [1.82, 2.24) is 8.80 Å². The molecule has 0 saturated carbocycles. The van der Waals surface area contributed by atoms with Gasteiger partial charge in [0.2, 0.25) is 0 Å².